The molecule has 3 heterocycles. The van der Waals surface area contributed by atoms with E-state index in [0.717, 1.165) is 106 Å². The van der Waals surface area contributed by atoms with E-state index in [1.165, 1.54) is 85.3 Å². The van der Waals surface area contributed by atoms with Gasteiger partial charge in [-0.15, -0.1) is 0 Å². The summed E-state index contributed by atoms with van der Waals surface area (Å²) in [5, 5.41) is 10.5. The van der Waals surface area contributed by atoms with Crippen LogP contribution in [0, 0.1) is 46.3 Å². The monoisotopic (exact) mass is 1540 g/mol. The number of unbranched alkanes of at least 4 members (excludes halogenated alkanes) is 5. The van der Waals surface area contributed by atoms with Crippen molar-refractivity contribution in [2.75, 3.05) is 64.2 Å². The largest absolute Gasteiger partial charge is 0.462 e. The smallest absolute Gasteiger partial charge is 0.319 e. The molecule has 1 amide bonds. The number of anilines is 1. The summed E-state index contributed by atoms with van der Waals surface area (Å²) in [6.45, 7) is 26.8. The van der Waals surface area contributed by atoms with E-state index in [1.54, 1.807) is 10.5 Å². The van der Waals surface area contributed by atoms with Crippen molar-refractivity contribution in [1.82, 2.24) is 4.90 Å². The van der Waals surface area contributed by atoms with E-state index in [-0.39, 0.29) is 145 Å². The van der Waals surface area contributed by atoms with Gasteiger partial charge in [0.05, 0.1) is 50.6 Å². The van der Waals surface area contributed by atoms with E-state index in [9.17, 15) is 28.6 Å². The summed E-state index contributed by atoms with van der Waals surface area (Å²) < 4.78 is 60.7. The van der Waals surface area contributed by atoms with Gasteiger partial charge in [-0.2, -0.15) is 4.58 Å². The second-order valence-corrected chi connectivity index (χ2v) is 33.6. The van der Waals surface area contributed by atoms with Gasteiger partial charge < -0.3 is 42.5 Å². The first-order valence-corrected chi connectivity index (χ1v) is 40.1. The van der Waals surface area contributed by atoms with Gasteiger partial charge in [0.25, 0.3) is 0 Å². The number of aliphatic hydroxyl groups is 1. The minimum absolute atomic E-state index is 0. The molecule has 2 radical (unpaired) electrons. The number of likely N-dealkylation sites (N-methyl/N-ethyl adjacent to an activating group) is 1. The third-order valence-corrected chi connectivity index (χ3v) is 25.6. The summed E-state index contributed by atoms with van der Waals surface area (Å²) in [6.07, 6.45) is 31.2. The normalized spacial score (nSPS) is 27.2. The Bertz CT molecular complexity index is 3120. The number of β-amino-alcohol motifs (C(OH)–C–C–N with tert-alkyl or cyclic N) is 1. The van der Waals surface area contributed by atoms with E-state index in [2.05, 4.69) is 152 Å². The van der Waals surface area contributed by atoms with Crippen molar-refractivity contribution in [3.05, 3.63) is 95.2 Å². The Morgan fingerprint density at radius 2 is 1.39 bits per heavy atom. The van der Waals surface area contributed by atoms with Crippen molar-refractivity contribution in [3.63, 3.8) is 0 Å². The van der Waals surface area contributed by atoms with Crippen LogP contribution in [0.2, 0.25) is 0 Å². The van der Waals surface area contributed by atoms with Gasteiger partial charge in [0.15, 0.2) is 5.71 Å². The summed E-state index contributed by atoms with van der Waals surface area (Å²) in [6, 6.07) is 17.0. The zero-order chi connectivity index (χ0) is 68.6. The molecular weight excluding hydrogens is 1420 g/mol. The number of Topliss-reactive ketones (excluding diaryl/α,β-unsaturated/α-hetero) is 1. The fourth-order valence-corrected chi connectivity index (χ4v) is 20.0. The second kappa shape index (κ2) is 39.5. The van der Waals surface area contributed by atoms with E-state index in [4.69, 9.17) is 27.6 Å². The van der Waals surface area contributed by atoms with Crippen molar-refractivity contribution in [2.45, 2.75) is 259 Å². The molecule has 2 aromatic carbocycles. The van der Waals surface area contributed by atoms with E-state index >= 15 is 0 Å². The van der Waals surface area contributed by atoms with Crippen molar-refractivity contribution >= 4 is 51.3 Å². The van der Waals surface area contributed by atoms with Gasteiger partial charge in [-0.1, -0.05) is 135 Å². The number of likely N-dealkylation sites (tertiary alicyclic amines) is 1. The van der Waals surface area contributed by atoms with Crippen LogP contribution < -0.4 is 4.90 Å². The number of para-hydroxylation sites is 2. The van der Waals surface area contributed by atoms with Crippen molar-refractivity contribution in [1.29, 1.82) is 0 Å². The number of aliphatic hydroxyl groups excluding tert-OH is 1. The number of nitrogens with zero attached hydrogens (tertiary/aromatic N) is 3. The van der Waals surface area contributed by atoms with Gasteiger partial charge >= 0.3 is 22.5 Å². The van der Waals surface area contributed by atoms with Crippen molar-refractivity contribution in [3.8, 4) is 0 Å². The third-order valence-electron chi connectivity index (χ3n) is 23.9. The van der Waals surface area contributed by atoms with Crippen LogP contribution in [0.4, 0.5) is 11.4 Å². The summed E-state index contributed by atoms with van der Waals surface area (Å²) >= 11 is 0. The predicted octanol–water partition coefficient (Wildman–Crippen LogP) is 17.7. The van der Waals surface area contributed by atoms with Gasteiger partial charge in [-0.05, 0) is 175 Å². The first kappa shape index (κ1) is 83.4. The molecule has 98 heavy (non-hydrogen) atoms. The molecule has 7 aliphatic rings. The molecule has 3 saturated carbocycles. The first-order valence-electron chi connectivity index (χ1n) is 37.6. The molecule has 0 aromatic heterocycles. The van der Waals surface area contributed by atoms with E-state index in [1.807, 2.05) is 0 Å². The summed E-state index contributed by atoms with van der Waals surface area (Å²) in [5.74, 6) is 4.88. The number of esters is 1. The third kappa shape index (κ3) is 21.2. The first-order chi connectivity index (χ1) is 46.1. The Balaban J connectivity index is 0.00000676. The van der Waals surface area contributed by atoms with Gasteiger partial charge in [0.1, 0.15) is 18.4 Å². The SMILES string of the molecule is CCN1C(=CC=CC2=[N+](CCCCCC(=O)CCCOCCO[PH](=O)OCCCO[PH](=O)OC[C@@H]3C[C@@H](O)CN3C(=O)CCCCCCC(=O)O[C@H]3CC[C@@]4(C)C(=CCC5C4CC[C@@]4(C)C5CC[C@@H]4[C@@H](C)CCCC(C)C)C3)c3ccccc3C2(C)C)C(C)(C)c2ccccc21.[Y].[Y]. The maximum Gasteiger partial charge on any atom is 0.319 e. The average molecular weight is 1550 g/mol. The minimum Gasteiger partial charge on any atom is -0.462 e. The van der Waals surface area contributed by atoms with Crippen molar-refractivity contribution in [2.24, 2.45) is 46.3 Å². The molecule has 15 nitrogen and oxygen atoms in total. The second-order valence-electron chi connectivity index (χ2n) is 31.4. The number of benzene rings is 2. The molecule has 9 rings (SSSR count). The standard InChI is InChI=1S/C79H122N3O12P2.2Y/c1-11-80-70-33-20-18-31-68(70)76(5,6)72(80)35-24-36-73-77(7,8)69-32-19-21-34-71(69)81(73)47-22-14-15-29-61(83)30-25-48-89-51-52-92-95(87)90-49-26-50-91-96(88)93-56-60-54-62(84)55-82(60)74(85)37-16-12-13-17-38-75(86)94-63-43-45-78(9)59(53-63)39-40-64-66-42-41-65(58(4)28-23-27-57(2)3)79(66,10)46-44-67(64)78;;/h18-21,24,31-36,39,57-58,60,62-67,84,95-96H,11-17,22-23,25-30,37-38,40-56H2,1-10H3;;/q+1;;/t58-,60-,62+,63-,64?,65+,66?,67?,78-,79+;;/m0../s1. The number of carbonyl (C=O) groups excluding carboxylic acids is 3. The molecule has 1 saturated heterocycles. The van der Waals surface area contributed by atoms with Crippen molar-refractivity contribution < 1.29 is 126 Å². The molecule has 12 atom stereocenters. The number of carbonyl (C=O) groups is 3. The van der Waals surface area contributed by atoms with Crippen LogP contribution in [0.5, 0.6) is 0 Å². The van der Waals surface area contributed by atoms with E-state index in [0.29, 0.717) is 63.4 Å². The van der Waals surface area contributed by atoms with Crippen LogP contribution in [0.25, 0.3) is 0 Å². The molecule has 0 bridgehead atoms. The van der Waals surface area contributed by atoms with Crippen LogP contribution in [-0.4, -0.2) is 115 Å². The fraction of sp³-hybridized carbons (Fsp3) is 0.722. The summed E-state index contributed by atoms with van der Waals surface area (Å²) in [4.78, 5) is 43.3. The Morgan fingerprint density at radius 1 is 0.704 bits per heavy atom. The number of hydrogen-bond donors (Lipinski definition) is 1. The Kier molecular flexibility index (Phi) is 33.6. The molecule has 1 N–H and O–H groups in total. The van der Waals surface area contributed by atoms with Gasteiger partial charge in [0, 0.05) is 158 Å². The number of fused-ring (bicyclic) bond motifs is 7. The molecule has 5 unspecified atom stereocenters. The zero-order valence-electron chi connectivity index (χ0n) is 61.6. The summed E-state index contributed by atoms with van der Waals surface area (Å²) in [5.41, 5.74) is 9.85. The number of ketones is 1. The quantitative estimate of drug-likeness (QED) is 0.0221. The number of hydrogen-bond acceptors (Lipinski definition) is 13. The molecule has 2 aromatic rings. The average Bonchev–Trinajstić information content (AvgIpc) is 1.31. The summed E-state index contributed by atoms with van der Waals surface area (Å²) in [7, 11) is -5.66. The number of amides is 1. The van der Waals surface area contributed by atoms with Crippen LogP contribution in [0.15, 0.2) is 84.1 Å². The number of allylic oxidation sites excluding steroid dienone is 5. The van der Waals surface area contributed by atoms with Crippen LogP contribution in [0.1, 0.15) is 241 Å². The Morgan fingerprint density at radius 3 is 2.14 bits per heavy atom. The maximum atomic E-state index is 13.3. The zero-order valence-corrected chi connectivity index (χ0v) is 69.3. The molecule has 3 aliphatic heterocycles. The maximum absolute atomic E-state index is 13.3. The number of ether oxygens (including phenoxy) is 2. The van der Waals surface area contributed by atoms with Gasteiger partial charge in [-0.3, -0.25) is 23.5 Å². The fourth-order valence-electron chi connectivity index (χ4n) is 18.7. The molecular formula is C79H122N3O12P2Y2+. The van der Waals surface area contributed by atoms with Gasteiger partial charge in [0.2, 0.25) is 11.6 Å². The number of rotatable bonds is 39. The predicted molar refractivity (Wildman–Crippen MR) is 386 cm³/mol. The van der Waals surface area contributed by atoms with Crippen LogP contribution >= 0.6 is 16.5 Å². The van der Waals surface area contributed by atoms with E-state index < -0.39 is 28.7 Å². The molecule has 19 heteroatoms. The topological polar surface area (TPSA) is 170 Å². The molecule has 4 aliphatic carbocycles. The Labute approximate surface area is 641 Å². The molecule has 4 fully saturated rings. The molecule has 0 spiro atoms. The molecule has 540 valence electrons. The van der Waals surface area contributed by atoms with Crippen LogP contribution in [-0.2, 0) is 127 Å². The van der Waals surface area contributed by atoms with Crippen LogP contribution in [0.3, 0.4) is 0 Å². The Hall–Kier alpha value is -1.83. The minimum atomic E-state index is -2.89. The van der Waals surface area contributed by atoms with Gasteiger partial charge in [-0.25, -0.2) is 0 Å².